The van der Waals surface area contributed by atoms with Gasteiger partial charge in [0.2, 0.25) is 5.88 Å². The van der Waals surface area contributed by atoms with Crippen LogP contribution in [-0.4, -0.2) is 25.9 Å². The molecule has 1 amide bonds. The van der Waals surface area contributed by atoms with Crippen LogP contribution in [0.2, 0.25) is 4.34 Å². The first kappa shape index (κ1) is 21.2. The molecule has 8 heteroatoms. The number of fused-ring (bicyclic) bond motifs is 1. The number of carbonyl (C=O) groups is 1. The Morgan fingerprint density at radius 1 is 1.15 bits per heavy atom. The van der Waals surface area contributed by atoms with E-state index in [-0.39, 0.29) is 11.4 Å². The number of aromatic nitrogens is 2. The number of thiophene rings is 1. The number of nitrogens with zero attached hydrogens (tertiary/aromatic N) is 3. The van der Waals surface area contributed by atoms with Crippen molar-refractivity contribution >= 4 is 34.6 Å². The molecule has 0 fully saturated rings. The number of hydrogen-bond donors (Lipinski definition) is 1. The first-order valence-corrected chi connectivity index (χ1v) is 11.4. The number of amides is 1. The Bertz CT molecular complexity index is 1490. The zero-order valence-corrected chi connectivity index (χ0v) is 18.9. The summed E-state index contributed by atoms with van der Waals surface area (Å²) in [6.45, 7) is 0.399. The fraction of sp³-hybridized carbons (Fsp3) is 0.0800. The summed E-state index contributed by atoms with van der Waals surface area (Å²) >= 11 is 7.10. The van der Waals surface area contributed by atoms with E-state index in [9.17, 15) is 14.7 Å². The monoisotopic (exact) mass is 475 g/mol. The molecule has 1 aliphatic rings. The van der Waals surface area contributed by atoms with Crippen molar-refractivity contribution in [1.82, 2.24) is 9.13 Å². The fourth-order valence-corrected chi connectivity index (χ4v) is 4.79. The van der Waals surface area contributed by atoms with Crippen LogP contribution in [0.4, 0.5) is 0 Å². The average Bonchev–Trinajstić information content (AvgIpc) is 3.38. The highest BCUT2D eigenvalue weighted by atomic mass is 35.5. The zero-order valence-electron chi connectivity index (χ0n) is 17.3. The zero-order chi connectivity index (χ0) is 22.9. The van der Waals surface area contributed by atoms with Crippen LogP contribution in [0.25, 0.3) is 5.69 Å². The van der Waals surface area contributed by atoms with Gasteiger partial charge in [-0.15, -0.1) is 11.3 Å². The van der Waals surface area contributed by atoms with Crippen molar-refractivity contribution in [2.75, 3.05) is 0 Å². The van der Waals surface area contributed by atoms with E-state index in [1.54, 1.807) is 45.7 Å². The van der Waals surface area contributed by atoms with Gasteiger partial charge in [-0.2, -0.15) is 0 Å². The first-order valence-electron chi connectivity index (χ1n) is 10.2. The van der Waals surface area contributed by atoms with E-state index in [0.29, 0.717) is 33.5 Å². The third-order valence-electron chi connectivity index (χ3n) is 5.37. The molecule has 1 aliphatic carbocycles. The van der Waals surface area contributed by atoms with E-state index in [0.717, 1.165) is 16.8 Å². The standard InChI is InChI=1S/C25H18ClN3O3S/c26-21-11-10-20(33-21)24(31)27-19-8-4-6-17-15-28(25(32)23(17)19)14-16-5-3-7-18(13-16)29-12-2-1-9-22(29)30/h1-5,7-13,15,32H,6,14H2. The predicted octanol–water partition coefficient (Wildman–Crippen LogP) is 4.85. The van der Waals surface area contributed by atoms with Gasteiger partial charge in [-0.05, 0) is 54.0 Å². The summed E-state index contributed by atoms with van der Waals surface area (Å²) < 4.78 is 3.82. The van der Waals surface area contributed by atoms with Gasteiger partial charge >= 0.3 is 0 Å². The van der Waals surface area contributed by atoms with Crippen LogP contribution in [0.5, 0.6) is 5.88 Å². The molecule has 164 valence electrons. The Balaban J connectivity index is 1.46. The van der Waals surface area contributed by atoms with E-state index >= 15 is 0 Å². The minimum atomic E-state index is -0.396. The Morgan fingerprint density at radius 2 is 2.03 bits per heavy atom. The maximum absolute atomic E-state index is 12.6. The lowest BCUT2D eigenvalue weighted by molar-refractivity contribution is 0.101. The number of aromatic hydroxyl groups is 1. The van der Waals surface area contributed by atoms with Crippen LogP contribution in [0.1, 0.15) is 26.4 Å². The van der Waals surface area contributed by atoms with Gasteiger partial charge in [0.15, 0.2) is 0 Å². The number of pyridine rings is 1. The van der Waals surface area contributed by atoms with Crippen LogP contribution in [-0.2, 0) is 13.0 Å². The third kappa shape index (κ3) is 4.20. The van der Waals surface area contributed by atoms with Gasteiger partial charge in [0, 0.05) is 24.1 Å². The highest BCUT2D eigenvalue weighted by Gasteiger charge is 2.22. The molecular weight excluding hydrogens is 458 g/mol. The summed E-state index contributed by atoms with van der Waals surface area (Å²) in [4.78, 5) is 29.4. The van der Waals surface area contributed by atoms with Crippen molar-refractivity contribution in [1.29, 1.82) is 0 Å². The molecule has 6 nitrogen and oxygen atoms in total. The van der Waals surface area contributed by atoms with Crippen LogP contribution >= 0.6 is 22.9 Å². The number of hydrogen-bond acceptors (Lipinski definition) is 4. The van der Waals surface area contributed by atoms with Gasteiger partial charge in [-0.1, -0.05) is 35.9 Å². The lowest BCUT2D eigenvalue weighted by atomic mass is 10.00. The third-order valence-corrected chi connectivity index (χ3v) is 6.59. The molecule has 1 N–H and O–H groups in total. The summed E-state index contributed by atoms with van der Waals surface area (Å²) in [5, 5.41) is 11.0. The molecule has 0 saturated heterocycles. The quantitative estimate of drug-likeness (QED) is 0.458. The summed E-state index contributed by atoms with van der Waals surface area (Å²) in [5.41, 5.74) is 3.43. The largest absolute Gasteiger partial charge is 0.494 e. The predicted molar refractivity (Wildman–Crippen MR) is 130 cm³/mol. The molecule has 33 heavy (non-hydrogen) atoms. The van der Waals surface area contributed by atoms with Crippen molar-refractivity contribution in [2.45, 2.75) is 13.0 Å². The molecule has 4 aromatic rings. The van der Waals surface area contributed by atoms with Crippen LogP contribution in [0.15, 0.2) is 88.9 Å². The van der Waals surface area contributed by atoms with E-state index < -0.39 is 5.91 Å². The van der Waals surface area contributed by atoms with Crippen molar-refractivity contribution in [3.8, 4) is 11.6 Å². The first-order chi connectivity index (χ1) is 16.0. The molecular formula is C25H18ClN3O3S. The van der Waals surface area contributed by atoms with Crippen molar-refractivity contribution < 1.29 is 9.90 Å². The normalized spacial score (nSPS) is 13.9. The van der Waals surface area contributed by atoms with Gasteiger partial charge < -0.3 is 9.67 Å². The second kappa shape index (κ2) is 8.69. The SMILES string of the molecule is O=C(N=C1C=CCc2cn(Cc3cccc(-n4ccccc4=O)c3)c(O)c21)c1ccc(Cl)s1. The minimum Gasteiger partial charge on any atom is -0.494 e. The Hall–Kier alpha value is -3.68. The van der Waals surface area contributed by atoms with E-state index in [2.05, 4.69) is 4.99 Å². The Kier molecular flexibility index (Phi) is 5.58. The van der Waals surface area contributed by atoms with E-state index in [1.165, 1.54) is 17.4 Å². The lowest BCUT2D eigenvalue weighted by Gasteiger charge is -2.10. The molecule has 3 heterocycles. The second-order valence-corrected chi connectivity index (χ2v) is 9.29. The van der Waals surface area contributed by atoms with Gasteiger partial charge in [-0.3, -0.25) is 14.2 Å². The average molecular weight is 476 g/mol. The van der Waals surface area contributed by atoms with Crippen LogP contribution < -0.4 is 5.56 Å². The smallest absolute Gasteiger partial charge is 0.287 e. The number of benzene rings is 1. The number of rotatable bonds is 4. The van der Waals surface area contributed by atoms with Gasteiger partial charge in [0.25, 0.3) is 11.5 Å². The van der Waals surface area contributed by atoms with Crippen LogP contribution in [0.3, 0.4) is 0 Å². The number of aliphatic imine (C=N–C) groups is 1. The summed E-state index contributed by atoms with van der Waals surface area (Å²) in [5.74, 6) is -0.347. The van der Waals surface area contributed by atoms with Gasteiger partial charge in [0.05, 0.1) is 27.0 Å². The maximum atomic E-state index is 12.6. The van der Waals surface area contributed by atoms with Crippen molar-refractivity contribution in [3.05, 3.63) is 115 Å². The molecule has 0 bridgehead atoms. The molecule has 1 aromatic carbocycles. The summed E-state index contributed by atoms with van der Waals surface area (Å²) in [6.07, 6.45) is 7.90. The number of halogens is 1. The molecule has 0 unspecified atom stereocenters. The van der Waals surface area contributed by atoms with Crippen molar-refractivity contribution in [3.63, 3.8) is 0 Å². The maximum Gasteiger partial charge on any atom is 0.287 e. The van der Waals surface area contributed by atoms with Gasteiger partial charge in [-0.25, -0.2) is 4.99 Å². The van der Waals surface area contributed by atoms with E-state index in [1.807, 2.05) is 36.5 Å². The fourth-order valence-electron chi connectivity index (χ4n) is 3.87. The molecule has 0 atom stereocenters. The topological polar surface area (TPSA) is 76.6 Å². The summed E-state index contributed by atoms with van der Waals surface area (Å²) in [6, 6.07) is 15.9. The minimum absolute atomic E-state index is 0.0485. The van der Waals surface area contributed by atoms with E-state index in [4.69, 9.17) is 11.6 Å². The molecule has 0 spiro atoms. The molecule has 0 aliphatic heterocycles. The molecule has 0 radical (unpaired) electrons. The van der Waals surface area contributed by atoms with Gasteiger partial charge in [0.1, 0.15) is 0 Å². The second-order valence-electron chi connectivity index (χ2n) is 7.57. The Labute approximate surface area is 198 Å². The molecule has 3 aromatic heterocycles. The Morgan fingerprint density at radius 3 is 2.82 bits per heavy atom. The number of carbonyl (C=O) groups excluding carboxylic acids is 1. The molecule has 0 saturated carbocycles. The lowest BCUT2D eigenvalue weighted by Crippen LogP contribution is -2.15. The highest BCUT2D eigenvalue weighted by molar-refractivity contribution is 7.18. The van der Waals surface area contributed by atoms with Crippen LogP contribution in [0, 0.1) is 0 Å². The highest BCUT2D eigenvalue weighted by Crippen LogP contribution is 2.30. The number of allylic oxidation sites excluding steroid dienone is 2. The summed E-state index contributed by atoms with van der Waals surface area (Å²) in [7, 11) is 0. The van der Waals surface area contributed by atoms with Crippen molar-refractivity contribution in [2.24, 2.45) is 4.99 Å². The molecule has 5 rings (SSSR count).